The number of rotatable bonds is 1. The number of nitrogens with zero attached hydrogens (tertiary/aromatic N) is 1. The Hall–Kier alpha value is -0.370. The van der Waals surface area contributed by atoms with Crippen molar-refractivity contribution in [3.63, 3.8) is 0 Å². The zero-order valence-corrected chi connectivity index (χ0v) is 8.74. The first-order valence-electron chi connectivity index (χ1n) is 6.14. The molecule has 3 rings (SSSR count). The number of hydrogen-bond acceptors (Lipinski definition) is 2. The van der Waals surface area contributed by atoms with Crippen LogP contribution in [0.2, 0.25) is 0 Å². The van der Waals surface area contributed by atoms with Crippen molar-refractivity contribution < 1.29 is 4.79 Å². The number of likely N-dealkylation sites (tertiary alicyclic amines) is 1. The summed E-state index contributed by atoms with van der Waals surface area (Å²) in [4.78, 5) is 14.5. The normalized spacial score (nSPS) is 43.4. The molecule has 2 bridgehead atoms. The molecule has 2 aliphatic carbocycles. The minimum absolute atomic E-state index is 0.423. The average Bonchev–Trinajstić information content (AvgIpc) is 2.76. The first-order chi connectivity index (χ1) is 6.86. The van der Waals surface area contributed by atoms with Gasteiger partial charge in [-0.1, -0.05) is 0 Å². The van der Waals surface area contributed by atoms with Crippen molar-refractivity contribution in [2.45, 2.75) is 44.6 Å². The summed E-state index contributed by atoms with van der Waals surface area (Å²) in [6.07, 6.45) is 7.54. The van der Waals surface area contributed by atoms with Crippen LogP contribution in [0.1, 0.15) is 38.5 Å². The summed E-state index contributed by atoms with van der Waals surface area (Å²) in [5, 5.41) is 0. The van der Waals surface area contributed by atoms with Gasteiger partial charge in [-0.05, 0) is 51.6 Å². The lowest BCUT2D eigenvalue weighted by Gasteiger charge is -2.34. The largest absolute Gasteiger partial charge is 0.300 e. The Balaban J connectivity index is 1.76. The second kappa shape index (κ2) is 3.34. The Morgan fingerprint density at radius 2 is 1.71 bits per heavy atom. The molecule has 0 spiro atoms. The first kappa shape index (κ1) is 8.90. The molecule has 2 saturated carbocycles. The molecule has 3 fully saturated rings. The highest BCUT2D eigenvalue weighted by atomic mass is 16.1. The lowest BCUT2D eigenvalue weighted by Crippen LogP contribution is -2.44. The van der Waals surface area contributed by atoms with Crippen LogP contribution in [-0.2, 0) is 4.79 Å². The van der Waals surface area contributed by atoms with Crippen LogP contribution < -0.4 is 0 Å². The van der Waals surface area contributed by atoms with Gasteiger partial charge in [0.05, 0.1) is 0 Å². The topological polar surface area (TPSA) is 20.3 Å². The van der Waals surface area contributed by atoms with Crippen molar-refractivity contribution in [2.24, 2.45) is 11.8 Å². The summed E-state index contributed by atoms with van der Waals surface area (Å²) in [5.41, 5.74) is 0. The molecule has 14 heavy (non-hydrogen) atoms. The highest BCUT2D eigenvalue weighted by molar-refractivity contribution is 5.86. The van der Waals surface area contributed by atoms with Gasteiger partial charge >= 0.3 is 0 Å². The molecule has 78 valence electrons. The van der Waals surface area contributed by atoms with Crippen LogP contribution in [0.15, 0.2) is 0 Å². The summed E-state index contributed by atoms with van der Waals surface area (Å²) in [6.45, 7) is 2.50. The zero-order chi connectivity index (χ0) is 9.54. The number of carbonyl (C=O) groups is 1. The molecule has 2 heteroatoms. The molecule has 0 radical (unpaired) electrons. The van der Waals surface area contributed by atoms with Crippen LogP contribution in [-0.4, -0.2) is 29.8 Å². The first-order valence-corrected chi connectivity index (χ1v) is 6.14. The van der Waals surface area contributed by atoms with Gasteiger partial charge in [-0.2, -0.15) is 0 Å². The Morgan fingerprint density at radius 3 is 2.50 bits per heavy atom. The maximum Gasteiger partial charge on any atom is 0.140 e. The van der Waals surface area contributed by atoms with Crippen LogP contribution in [0.25, 0.3) is 0 Å². The van der Waals surface area contributed by atoms with Gasteiger partial charge in [0.15, 0.2) is 0 Å². The van der Waals surface area contributed by atoms with E-state index in [1.807, 2.05) is 0 Å². The highest BCUT2D eigenvalue weighted by Gasteiger charge is 2.45. The molecule has 0 amide bonds. The Labute approximate surface area is 85.7 Å². The number of hydrogen-bond donors (Lipinski definition) is 0. The smallest absolute Gasteiger partial charge is 0.140 e. The fourth-order valence-corrected chi connectivity index (χ4v) is 3.72. The fraction of sp³-hybridized carbons (Fsp3) is 0.917. The van der Waals surface area contributed by atoms with Crippen molar-refractivity contribution in [3.05, 3.63) is 0 Å². The van der Waals surface area contributed by atoms with Gasteiger partial charge in [0, 0.05) is 17.9 Å². The van der Waals surface area contributed by atoms with Crippen LogP contribution in [0.5, 0.6) is 0 Å². The van der Waals surface area contributed by atoms with E-state index < -0.39 is 0 Å². The lowest BCUT2D eigenvalue weighted by atomic mass is 9.83. The summed E-state index contributed by atoms with van der Waals surface area (Å²) in [7, 11) is 0. The number of Topliss-reactive ketones (excluding diaryl/α,β-unsaturated/α-hetero) is 1. The molecule has 0 unspecified atom stereocenters. The van der Waals surface area contributed by atoms with Crippen LogP contribution in [0.3, 0.4) is 0 Å². The van der Waals surface area contributed by atoms with E-state index in [2.05, 4.69) is 4.90 Å². The molecule has 1 heterocycles. The summed E-state index contributed by atoms with van der Waals surface area (Å²) in [5.74, 6) is 1.49. The van der Waals surface area contributed by atoms with Gasteiger partial charge in [-0.25, -0.2) is 0 Å². The van der Waals surface area contributed by atoms with Crippen molar-refractivity contribution in [2.75, 3.05) is 13.1 Å². The van der Waals surface area contributed by atoms with Crippen molar-refractivity contribution in [1.82, 2.24) is 4.90 Å². The van der Waals surface area contributed by atoms with Crippen molar-refractivity contribution in [3.8, 4) is 0 Å². The third kappa shape index (κ3) is 1.23. The second-order valence-electron chi connectivity index (χ2n) is 5.17. The predicted octanol–water partition coefficient (Wildman–Crippen LogP) is 1.84. The standard InChI is InChI=1S/C12H19NO/c14-12-9-3-5-10(12)11(6-4-9)13-7-1-2-8-13/h9-11H,1-8H2/t9-,10-,11+/m0/s1. The van der Waals surface area contributed by atoms with E-state index in [1.165, 1.54) is 51.6 Å². The predicted molar refractivity (Wildman–Crippen MR) is 55.1 cm³/mol. The highest BCUT2D eigenvalue weighted by Crippen LogP contribution is 2.41. The van der Waals surface area contributed by atoms with Crippen molar-refractivity contribution >= 4 is 5.78 Å². The molecule has 3 atom stereocenters. The minimum atomic E-state index is 0.423. The Kier molecular flexibility index (Phi) is 2.12. The van der Waals surface area contributed by atoms with Crippen LogP contribution in [0.4, 0.5) is 0 Å². The van der Waals surface area contributed by atoms with Crippen LogP contribution >= 0.6 is 0 Å². The van der Waals surface area contributed by atoms with Gasteiger partial charge in [0.1, 0.15) is 5.78 Å². The molecule has 2 nitrogen and oxygen atoms in total. The van der Waals surface area contributed by atoms with Crippen LogP contribution in [0, 0.1) is 11.8 Å². The number of ketones is 1. The van der Waals surface area contributed by atoms with Gasteiger partial charge in [0.2, 0.25) is 0 Å². The molecule has 0 aromatic rings. The van der Waals surface area contributed by atoms with E-state index in [4.69, 9.17) is 0 Å². The van der Waals surface area contributed by atoms with E-state index in [-0.39, 0.29) is 0 Å². The van der Waals surface area contributed by atoms with Gasteiger partial charge < -0.3 is 0 Å². The Morgan fingerprint density at radius 1 is 1.00 bits per heavy atom. The zero-order valence-electron chi connectivity index (χ0n) is 8.74. The van der Waals surface area contributed by atoms with E-state index >= 15 is 0 Å². The maximum atomic E-state index is 11.9. The molecule has 3 aliphatic rings. The molecular weight excluding hydrogens is 174 g/mol. The Bertz CT molecular complexity index is 245. The summed E-state index contributed by atoms with van der Waals surface area (Å²) >= 11 is 0. The van der Waals surface area contributed by atoms with Crippen molar-refractivity contribution in [1.29, 1.82) is 0 Å². The minimum Gasteiger partial charge on any atom is -0.300 e. The monoisotopic (exact) mass is 193 g/mol. The molecule has 0 N–H and O–H groups in total. The molecule has 0 aromatic heterocycles. The number of fused-ring (bicyclic) bond motifs is 2. The SMILES string of the molecule is O=C1[C@H]2CC[C@H]1[C@H](N1CCCC1)CC2. The average molecular weight is 193 g/mol. The lowest BCUT2D eigenvalue weighted by molar-refractivity contribution is -0.128. The third-order valence-corrected chi connectivity index (χ3v) is 4.48. The van der Waals surface area contributed by atoms with E-state index in [1.54, 1.807) is 0 Å². The quantitative estimate of drug-likeness (QED) is 0.633. The van der Waals surface area contributed by atoms with Gasteiger partial charge in [-0.15, -0.1) is 0 Å². The van der Waals surface area contributed by atoms with E-state index in [0.29, 0.717) is 23.7 Å². The second-order valence-corrected chi connectivity index (χ2v) is 5.17. The summed E-state index contributed by atoms with van der Waals surface area (Å²) < 4.78 is 0. The molecular formula is C12H19NO. The van der Waals surface area contributed by atoms with Gasteiger partial charge in [-0.3, -0.25) is 9.69 Å². The molecule has 1 aliphatic heterocycles. The van der Waals surface area contributed by atoms with Gasteiger partial charge in [0.25, 0.3) is 0 Å². The fourth-order valence-electron chi connectivity index (χ4n) is 3.72. The van der Waals surface area contributed by atoms with E-state index in [9.17, 15) is 4.79 Å². The van der Waals surface area contributed by atoms with E-state index in [0.717, 1.165) is 0 Å². The molecule has 1 saturated heterocycles. The third-order valence-electron chi connectivity index (χ3n) is 4.48. The molecule has 0 aromatic carbocycles. The number of carbonyl (C=O) groups excluding carboxylic acids is 1. The summed E-state index contributed by atoms with van der Waals surface area (Å²) in [6, 6.07) is 0.628. The maximum absolute atomic E-state index is 11.9.